The van der Waals surface area contributed by atoms with Gasteiger partial charge in [0.1, 0.15) is 11.8 Å². The van der Waals surface area contributed by atoms with Crippen LogP contribution >= 0.6 is 0 Å². The Balaban J connectivity index is 1.77. The highest BCUT2D eigenvalue weighted by atomic mass is 16.1. The molecular weight excluding hydrogens is 338 g/mol. The van der Waals surface area contributed by atoms with Crippen molar-refractivity contribution in [1.82, 2.24) is 15.3 Å². The first kappa shape index (κ1) is 18.1. The molecule has 0 atom stereocenters. The Hall–Kier alpha value is -3.72. The first-order valence-electron chi connectivity index (χ1n) is 8.51. The predicted molar refractivity (Wildman–Crippen MR) is 104 cm³/mol. The van der Waals surface area contributed by atoms with Gasteiger partial charge in [0.2, 0.25) is 5.95 Å². The van der Waals surface area contributed by atoms with Crippen molar-refractivity contribution in [3.8, 4) is 6.07 Å². The van der Waals surface area contributed by atoms with Gasteiger partial charge in [-0.3, -0.25) is 4.79 Å². The SMILES string of the molecule is Cc1cc(C(=O)NCc2ccccc2C)nc(Nc2ccccc2C#N)n1. The molecule has 0 spiro atoms. The first-order chi connectivity index (χ1) is 13.1. The molecule has 0 saturated heterocycles. The molecule has 6 heteroatoms. The predicted octanol–water partition coefficient (Wildman–Crippen LogP) is 3.64. The summed E-state index contributed by atoms with van der Waals surface area (Å²) in [6, 6.07) is 18.7. The van der Waals surface area contributed by atoms with E-state index in [1.54, 1.807) is 31.2 Å². The molecule has 2 aromatic carbocycles. The Kier molecular flexibility index (Phi) is 5.43. The maximum Gasteiger partial charge on any atom is 0.270 e. The number of benzene rings is 2. The van der Waals surface area contributed by atoms with Gasteiger partial charge in [0.25, 0.3) is 5.91 Å². The highest BCUT2D eigenvalue weighted by Crippen LogP contribution is 2.18. The van der Waals surface area contributed by atoms with E-state index in [4.69, 9.17) is 0 Å². The van der Waals surface area contributed by atoms with Gasteiger partial charge in [0, 0.05) is 12.2 Å². The van der Waals surface area contributed by atoms with Gasteiger partial charge in [-0.15, -0.1) is 0 Å². The average molecular weight is 357 g/mol. The lowest BCUT2D eigenvalue weighted by molar-refractivity contribution is 0.0945. The van der Waals surface area contributed by atoms with E-state index in [0.717, 1.165) is 11.1 Å². The molecule has 1 aromatic heterocycles. The van der Waals surface area contributed by atoms with Crippen molar-refractivity contribution in [2.75, 3.05) is 5.32 Å². The summed E-state index contributed by atoms with van der Waals surface area (Å²) in [6.45, 7) is 4.22. The largest absolute Gasteiger partial charge is 0.347 e. The lowest BCUT2D eigenvalue weighted by Crippen LogP contribution is -2.24. The Morgan fingerprint density at radius 1 is 1.07 bits per heavy atom. The summed E-state index contributed by atoms with van der Waals surface area (Å²) in [5, 5.41) is 15.1. The van der Waals surface area contributed by atoms with Crippen molar-refractivity contribution in [3.05, 3.63) is 82.7 Å². The molecule has 0 fully saturated rings. The van der Waals surface area contributed by atoms with Crippen molar-refractivity contribution in [3.63, 3.8) is 0 Å². The van der Waals surface area contributed by atoms with Crippen molar-refractivity contribution >= 4 is 17.5 Å². The van der Waals surface area contributed by atoms with E-state index >= 15 is 0 Å². The summed E-state index contributed by atoms with van der Waals surface area (Å²) < 4.78 is 0. The summed E-state index contributed by atoms with van der Waals surface area (Å²) in [5.41, 5.74) is 4.17. The zero-order valence-corrected chi connectivity index (χ0v) is 15.2. The second-order valence-electron chi connectivity index (χ2n) is 6.11. The molecule has 6 nitrogen and oxygen atoms in total. The van der Waals surface area contributed by atoms with Crippen LogP contribution in [0.5, 0.6) is 0 Å². The summed E-state index contributed by atoms with van der Waals surface area (Å²) in [6.07, 6.45) is 0. The quantitative estimate of drug-likeness (QED) is 0.727. The highest BCUT2D eigenvalue weighted by Gasteiger charge is 2.12. The van der Waals surface area contributed by atoms with Crippen LogP contribution in [-0.4, -0.2) is 15.9 Å². The molecule has 0 bridgehead atoms. The van der Waals surface area contributed by atoms with Crippen molar-refractivity contribution < 1.29 is 4.79 Å². The fourth-order valence-corrected chi connectivity index (χ4v) is 2.63. The van der Waals surface area contributed by atoms with Crippen LogP contribution in [0.2, 0.25) is 0 Å². The molecule has 0 aliphatic heterocycles. The van der Waals surface area contributed by atoms with Gasteiger partial charge in [0.15, 0.2) is 0 Å². The summed E-state index contributed by atoms with van der Waals surface area (Å²) in [4.78, 5) is 21.1. The Bertz CT molecular complexity index is 1020. The molecule has 3 rings (SSSR count). The number of amides is 1. The number of aromatic nitrogens is 2. The third kappa shape index (κ3) is 4.47. The van der Waals surface area contributed by atoms with Crippen LogP contribution in [0.4, 0.5) is 11.6 Å². The van der Waals surface area contributed by atoms with Gasteiger partial charge in [-0.05, 0) is 43.2 Å². The minimum absolute atomic E-state index is 0.271. The molecule has 3 aromatic rings. The number of carbonyl (C=O) groups excluding carboxylic acids is 1. The van der Waals surface area contributed by atoms with Crippen LogP contribution in [0.15, 0.2) is 54.6 Å². The Morgan fingerprint density at radius 2 is 1.81 bits per heavy atom. The lowest BCUT2D eigenvalue weighted by Gasteiger charge is -2.10. The number of nitrogens with zero attached hydrogens (tertiary/aromatic N) is 3. The van der Waals surface area contributed by atoms with Crippen LogP contribution in [0.1, 0.15) is 32.9 Å². The van der Waals surface area contributed by atoms with Gasteiger partial charge in [0.05, 0.1) is 11.3 Å². The van der Waals surface area contributed by atoms with E-state index in [2.05, 4.69) is 26.7 Å². The molecule has 1 amide bonds. The summed E-state index contributed by atoms with van der Waals surface area (Å²) >= 11 is 0. The lowest BCUT2D eigenvalue weighted by atomic mass is 10.1. The zero-order valence-electron chi connectivity index (χ0n) is 15.2. The molecule has 0 saturated carbocycles. The summed E-state index contributed by atoms with van der Waals surface area (Å²) in [7, 11) is 0. The number of aryl methyl sites for hydroxylation is 2. The van der Waals surface area contributed by atoms with Crippen LogP contribution in [0.3, 0.4) is 0 Å². The number of para-hydroxylation sites is 1. The number of nitrogens with one attached hydrogen (secondary N) is 2. The van der Waals surface area contributed by atoms with E-state index in [1.165, 1.54) is 0 Å². The number of hydrogen-bond acceptors (Lipinski definition) is 5. The molecule has 1 heterocycles. The van der Waals surface area contributed by atoms with Gasteiger partial charge < -0.3 is 10.6 Å². The molecule has 2 N–H and O–H groups in total. The fraction of sp³-hybridized carbons (Fsp3) is 0.143. The van der Waals surface area contributed by atoms with Crippen molar-refractivity contribution in [2.24, 2.45) is 0 Å². The second kappa shape index (κ2) is 8.11. The maximum absolute atomic E-state index is 12.5. The second-order valence-corrected chi connectivity index (χ2v) is 6.11. The zero-order chi connectivity index (χ0) is 19.2. The minimum Gasteiger partial charge on any atom is -0.347 e. The number of hydrogen-bond donors (Lipinski definition) is 2. The van der Waals surface area contributed by atoms with E-state index < -0.39 is 0 Å². The Labute approximate surface area is 157 Å². The molecule has 0 unspecified atom stereocenters. The molecule has 134 valence electrons. The van der Waals surface area contributed by atoms with Gasteiger partial charge in [-0.25, -0.2) is 9.97 Å². The number of carbonyl (C=O) groups is 1. The monoisotopic (exact) mass is 357 g/mol. The van der Waals surface area contributed by atoms with E-state index in [0.29, 0.717) is 23.5 Å². The summed E-state index contributed by atoms with van der Waals surface area (Å²) in [5.74, 6) is -0.000821. The molecule has 27 heavy (non-hydrogen) atoms. The Morgan fingerprint density at radius 3 is 2.59 bits per heavy atom. The van der Waals surface area contributed by atoms with Gasteiger partial charge in [-0.1, -0.05) is 36.4 Å². The van der Waals surface area contributed by atoms with Gasteiger partial charge in [-0.2, -0.15) is 5.26 Å². The highest BCUT2D eigenvalue weighted by molar-refractivity contribution is 5.92. The topological polar surface area (TPSA) is 90.7 Å². The smallest absolute Gasteiger partial charge is 0.270 e. The molecule has 0 aliphatic carbocycles. The molecule has 0 radical (unpaired) electrons. The standard InChI is InChI=1S/C21H19N5O/c1-14-7-3-4-9-17(14)13-23-20(27)19-11-15(2)24-21(26-19)25-18-10-6-5-8-16(18)12-22/h3-11H,13H2,1-2H3,(H,23,27)(H,24,25,26). The third-order valence-corrected chi connectivity index (χ3v) is 4.08. The van der Waals surface area contributed by atoms with E-state index in [1.807, 2.05) is 37.3 Å². The molecular formula is C21H19N5O. The maximum atomic E-state index is 12.5. The fourth-order valence-electron chi connectivity index (χ4n) is 2.63. The number of rotatable bonds is 5. The number of nitriles is 1. The van der Waals surface area contributed by atoms with Crippen LogP contribution < -0.4 is 10.6 Å². The van der Waals surface area contributed by atoms with Crippen LogP contribution in [0.25, 0.3) is 0 Å². The molecule has 0 aliphatic rings. The normalized spacial score (nSPS) is 10.1. The van der Waals surface area contributed by atoms with Crippen molar-refractivity contribution in [2.45, 2.75) is 20.4 Å². The van der Waals surface area contributed by atoms with Crippen LogP contribution in [-0.2, 0) is 6.54 Å². The minimum atomic E-state index is -0.277. The van der Waals surface area contributed by atoms with Gasteiger partial charge >= 0.3 is 0 Å². The first-order valence-corrected chi connectivity index (χ1v) is 8.51. The number of anilines is 2. The average Bonchev–Trinajstić information content (AvgIpc) is 2.67. The van der Waals surface area contributed by atoms with E-state index in [9.17, 15) is 10.1 Å². The third-order valence-electron chi connectivity index (χ3n) is 4.08. The van der Waals surface area contributed by atoms with Crippen molar-refractivity contribution in [1.29, 1.82) is 5.26 Å². The van der Waals surface area contributed by atoms with Crippen LogP contribution in [0, 0.1) is 25.2 Å². The van der Waals surface area contributed by atoms with E-state index in [-0.39, 0.29) is 17.5 Å².